The summed E-state index contributed by atoms with van der Waals surface area (Å²) < 4.78 is 5.22. The Labute approximate surface area is 98.1 Å². The minimum Gasteiger partial charge on any atom is -0.447 e. The number of likely N-dealkylation sites (N-methyl/N-ethyl adjacent to an activating group) is 1. The predicted octanol–water partition coefficient (Wildman–Crippen LogP) is 2.12. The summed E-state index contributed by atoms with van der Waals surface area (Å²) in [6, 6.07) is 0. The molecule has 0 aromatic heterocycles. The average molecular weight is 228 g/mol. The number of nitrogens with zero attached hydrogens (tertiary/aromatic N) is 1. The van der Waals surface area contributed by atoms with E-state index < -0.39 is 0 Å². The lowest BCUT2D eigenvalue weighted by Crippen LogP contribution is -2.55. The van der Waals surface area contributed by atoms with Gasteiger partial charge >= 0.3 is 6.09 Å². The summed E-state index contributed by atoms with van der Waals surface area (Å²) in [5.41, 5.74) is 5.68. The van der Waals surface area contributed by atoms with Gasteiger partial charge in [0.15, 0.2) is 0 Å². The summed E-state index contributed by atoms with van der Waals surface area (Å²) in [5.74, 6) is 0. The minimum absolute atomic E-state index is 0.0756. The van der Waals surface area contributed by atoms with Crippen molar-refractivity contribution in [1.82, 2.24) is 4.90 Å². The number of hydrogen-bond acceptors (Lipinski definition) is 3. The second kappa shape index (κ2) is 5.53. The van der Waals surface area contributed by atoms with Crippen LogP contribution in [0.2, 0.25) is 0 Å². The van der Waals surface area contributed by atoms with Crippen LogP contribution in [0.1, 0.15) is 46.0 Å². The molecule has 0 aromatic carbocycles. The molecule has 0 unspecified atom stereocenters. The molecule has 0 bridgehead atoms. The summed E-state index contributed by atoms with van der Waals surface area (Å²) in [6.07, 6.45) is 5.21. The highest BCUT2D eigenvalue weighted by Gasteiger charge is 2.38. The molecule has 0 saturated heterocycles. The summed E-state index contributed by atoms with van der Waals surface area (Å²) in [5, 5.41) is 0. The molecule has 0 radical (unpaired) electrons. The Bertz CT molecular complexity index is 235. The molecule has 1 rings (SSSR count). The second-order valence-electron chi connectivity index (χ2n) is 4.98. The van der Waals surface area contributed by atoms with Crippen molar-refractivity contribution >= 4 is 6.09 Å². The molecular formula is C12H24N2O2. The van der Waals surface area contributed by atoms with E-state index in [0.717, 1.165) is 25.7 Å². The minimum atomic E-state index is -0.248. The lowest BCUT2D eigenvalue weighted by Gasteiger charge is -2.43. The van der Waals surface area contributed by atoms with Crippen LogP contribution < -0.4 is 5.73 Å². The fraction of sp³-hybridized carbons (Fsp3) is 0.917. The van der Waals surface area contributed by atoms with Crippen LogP contribution in [0.3, 0.4) is 0 Å². The zero-order valence-corrected chi connectivity index (χ0v) is 10.7. The zero-order chi connectivity index (χ0) is 12.2. The zero-order valence-electron chi connectivity index (χ0n) is 10.7. The topological polar surface area (TPSA) is 55.6 Å². The molecule has 16 heavy (non-hydrogen) atoms. The van der Waals surface area contributed by atoms with Crippen LogP contribution in [0.15, 0.2) is 0 Å². The highest BCUT2D eigenvalue weighted by atomic mass is 16.6. The van der Waals surface area contributed by atoms with E-state index in [0.29, 0.717) is 6.54 Å². The fourth-order valence-corrected chi connectivity index (χ4v) is 2.36. The Kier molecular flexibility index (Phi) is 4.59. The number of rotatable bonds is 3. The number of carbonyl (C=O) groups is 1. The van der Waals surface area contributed by atoms with Crippen LogP contribution in [0.5, 0.6) is 0 Å². The maximum Gasteiger partial charge on any atom is 0.410 e. The Balaban J connectivity index is 2.67. The Morgan fingerprint density at radius 3 is 2.38 bits per heavy atom. The van der Waals surface area contributed by atoms with Crippen molar-refractivity contribution in [2.45, 2.75) is 57.6 Å². The molecule has 0 aliphatic heterocycles. The van der Waals surface area contributed by atoms with Crippen molar-refractivity contribution in [3.63, 3.8) is 0 Å². The third kappa shape index (κ3) is 2.88. The number of hydrogen-bond donors (Lipinski definition) is 1. The maximum absolute atomic E-state index is 11.9. The molecular weight excluding hydrogens is 204 g/mol. The Hall–Kier alpha value is -0.770. The van der Waals surface area contributed by atoms with Gasteiger partial charge in [0.2, 0.25) is 0 Å². The van der Waals surface area contributed by atoms with Gasteiger partial charge < -0.3 is 15.4 Å². The average Bonchev–Trinajstić information content (AvgIpc) is 2.28. The smallest absolute Gasteiger partial charge is 0.410 e. The molecule has 1 aliphatic carbocycles. The summed E-state index contributed by atoms with van der Waals surface area (Å²) in [4.78, 5) is 13.6. The molecule has 4 heteroatoms. The molecule has 2 N–H and O–H groups in total. The Morgan fingerprint density at radius 2 is 1.94 bits per heavy atom. The van der Waals surface area contributed by atoms with Crippen LogP contribution >= 0.6 is 0 Å². The van der Waals surface area contributed by atoms with Gasteiger partial charge in [0, 0.05) is 13.6 Å². The first-order valence-corrected chi connectivity index (χ1v) is 6.16. The first-order chi connectivity index (χ1) is 7.52. The third-order valence-corrected chi connectivity index (χ3v) is 3.49. The number of nitrogens with two attached hydrogens (primary N) is 1. The van der Waals surface area contributed by atoms with Gasteiger partial charge in [0.25, 0.3) is 0 Å². The maximum atomic E-state index is 11.9. The molecule has 94 valence electrons. The lowest BCUT2D eigenvalue weighted by atomic mass is 9.81. The van der Waals surface area contributed by atoms with E-state index in [1.165, 1.54) is 6.42 Å². The first kappa shape index (κ1) is 13.3. The van der Waals surface area contributed by atoms with Crippen molar-refractivity contribution in [2.24, 2.45) is 5.73 Å². The van der Waals surface area contributed by atoms with E-state index in [9.17, 15) is 4.79 Å². The van der Waals surface area contributed by atoms with Crippen molar-refractivity contribution in [2.75, 3.05) is 13.6 Å². The van der Waals surface area contributed by atoms with Crippen LogP contribution in [0, 0.1) is 0 Å². The van der Waals surface area contributed by atoms with E-state index in [-0.39, 0.29) is 17.7 Å². The van der Waals surface area contributed by atoms with Crippen molar-refractivity contribution in [1.29, 1.82) is 0 Å². The van der Waals surface area contributed by atoms with Crippen molar-refractivity contribution in [3.8, 4) is 0 Å². The second-order valence-corrected chi connectivity index (χ2v) is 4.98. The number of carbonyl (C=O) groups excluding carboxylic acids is 1. The van der Waals surface area contributed by atoms with Gasteiger partial charge in [-0.05, 0) is 26.7 Å². The van der Waals surface area contributed by atoms with Gasteiger partial charge in [-0.3, -0.25) is 0 Å². The van der Waals surface area contributed by atoms with E-state index in [4.69, 9.17) is 10.5 Å². The summed E-state index contributed by atoms with van der Waals surface area (Å²) in [6.45, 7) is 4.25. The van der Waals surface area contributed by atoms with E-state index in [1.807, 2.05) is 20.9 Å². The number of ether oxygens (including phenoxy) is 1. The van der Waals surface area contributed by atoms with Crippen LogP contribution in [-0.4, -0.2) is 36.2 Å². The fourth-order valence-electron chi connectivity index (χ4n) is 2.36. The summed E-state index contributed by atoms with van der Waals surface area (Å²) in [7, 11) is 1.81. The molecule has 0 heterocycles. The van der Waals surface area contributed by atoms with Gasteiger partial charge in [-0.2, -0.15) is 0 Å². The molecule has 0 atom stereocenters. The van der Waals surface area contributed by atoms with Gasteiger partial charge in [0.05, 0.1) is 11.6 Å². The molecule has 0 aromatic rings. The molecule has 1 aliphatic rings. The van der Waals surface area contributed by atoms with Gasteiger partial charge in [0.1, 0.15) is 0 Å². The van der Waals surface area contributed by atoms with Gasteiger partial charge in [-0.1, -0.05) is 19.3 Å². The van der Waals surface area contributed by atoms with Crippen molar-refractivity contribution in [3.05, 3.63) is 0 Å². The van der Waals surface area contributed by atoms with Gasteiger partial charge in [-0.15, -0.1) is 0 Å². The number of amides is 1. The Morgan fingerprint density at radius 1 is 1.38 bits per heavy atom. The van der Waals surface area contributed by atoms with Gasteiger partial charge in [-0.25, -0.2) is 4.79 Å². The van der Waals surface area contributed by atoms with Crippen LogP contribution in [-0.2, 0) is 4.74 Å². The molecule has 0 spiro atoms. The summed E-state index contributed by atoms with van der Waals surface area (Å²) >= 11 is 0. The van der Waals surface area contributed by atoms with Crippen LogP contribution in [0.4, 0.5) is 4.79 Å². The highest BCUT2D eigenvalue weighted by Crippen LogP contribution is 2.32. The van der Waals surface area contributed by atoms with E-state index >= 15 is 0 Å². The van der Waals surface area contributed by atoms with Crippen LogP contribution in [0.25, 0.3) is 0 Å². The SMILES string of the molecule is CC(C)OC(=O)N(C)C1(CN)CCCCC1. The van der Waals surface area contributed by atoms with Crippen molar-refractivity contribution < 1.29 is 9.53 Å². The lowest BCUT2D eigenvalue weighted by molar-refractivity contribution is 0.0333. The molecule has 1 saturated carbocycles. The first-order valence-electron chi connectivity index (χ1n) is 6.16. The molecule has 1 amide bonds. The molecule has 4 nitrogen and oxygen atoms in total. The standard InChI is InChI=1S/C12H24N2O2/c1-10(2)16-11(15)14(3)12(9-13)7-5-4-6-8-12/h10H,4-9,13H2,1-3H3. The quantitative estimate of drug-likeness (QED) is 0.805. The highest BCUT2D eigenvalue weighted by molar-refractivity contribution is 5.68. The predicted molar refractivity (Wildman–Crippen MR) is 64.3 cm³/mol. The normalized spacial score (nSPS) is 19.6. The monoisotopic (exact) mass is 228 g/mol. The largest absolute Gasteiger partial charge is 0.447 e. The van der Waals surface area contributed by atoms with E-state index in [2.05, 4.69) is 0 Å². The third-order valence-electron chi connectivity index (χ3n) is 3.49. The van der Waals surface area contributed by atoms with E-state index in [1.54, 1.807) is 4.90 Å². The molecule has 1 fully saturated rings.